The first-order chi connectivity index (χ1) is 7.01. The molecule has 1 unspecified atom stereocenters. The number of rotatable bonds is 4. The van der Waals surface area contributed by atoms with E-state index < -0.39 is 0 Å². The summed E-state index contributed by atoms with van der Waals surface area (Å²) in [6.07, 6.45) is 2.81. The summed E-state index contributed by atoms with van der Waals surface area (Å²) in [5.74, 6) is 0. The Kier molecular flexibility index (Phi) is 4.32. The number of hydrogen-bond donors (Lipinski definition) is 1. The molecule has 0 aromatic carbocycles. The van der Waals surface area contributed by atoms with E-state index in [9.17, 15) is 0 Å². The van der Waals surface area contributed by atoms with Gasteiger partial charge in [0.05, 0.1) is 0 Å². The Balaban J connectivity index is 2.67. The standard InChI is InChI=1S/C12H24N2O/c1-5-7-14-10-12(2,3)13(4)9-11(14)6-8-15/h5,11,15H,1,6-10H2,2-4H3. The second-order valence-corrected chi connectivity index (χ2v) is 5.08. The van der Waals surface area contributed by atoms with Crippen LogP contribution in [0.2, 0.25) is 0 Å². The molecule has 1 heterocycles. The molecule has 1 fully saturated rings. The Labute approximate surface area is 93.4 Å². The molecular weight excluding hydrogens is 188 g/mol. The van der Waals surface area contributed by atoms with E-state index in [1.54, 1.807) is 0 Å². The topological polar surface area (TPSA) is 26.7 Å². The van der Waals surface area contributed by atoms with Crippen molar-refractivity contribution < 1.29 is 5.11 Å². The van der Waals surface area contributed by atoms with E-state index in [1.807, 2.05) is 6.08 Å². The van der Waals surface area contributed by atoms with Gasteiger partial charge in [-0.2, -0.15) is 0 Å². The van der Waals surface area contributed by atoms with Gasteiger partial charge in [0, 0.05) is 37.8 Å². The van der Waals surface area contributed by atoms with Crippen molar-refractivity contribution in [3.63, 3.8) is 0 Å². The van der Waals surface area contributed by atoms with Crippen LogP contribution in [-0.4, -0.2) is 59.8 Å². The molecule has 1 atom stereocenters. The molecule has 0 saturated carbocycles. The summed E-state index contributed by atoms with van der Waals surface area (Å²) >= 11 is 0. The first kappa shape index (κ1) is 12.7. The summed E-state index contributed by atoms with van der Waals surface area (Å²) in [6, 6.07) is 0.464. The van der Waals surface area contributed by atoms with Gasteiger partial charge in [0.15, 0.2) is 0 Å². The molecule has 0 aromatic heterocycles. The molecule has 0 aliphatic carbocycles. The van der Waals surface area contributed by atoms with Crippen LogP contribution in [0.25, 0.3) is 0 Å². The lowest BCUT2D eigenvalue weighted by Gasteiger charge is -2.49. The predicted octanol–water partition coefficient (Wildman–Crippen LogP) is 0.949. The highest BCUT2D eigenvalue weighted by molar-refractivity contribution is 4.95. The second kappa shape index (κ2) is 5.10. The first-order valence-corrected chi connectivity index (χ1v) is 5.68. The van der Waals surface area contributed by atoms with Crippen molar-refractivity contribution in [1.82, 2.24) is 9.80 Å². The smallest absolute Gasteiger partial charge is 0.0446 e. The number of aliphatic hydroxyl groups is 1. The van der Waals surface area contributed by atoms with Crippen LogP contribution in [0.1, 0.15) is 20.3 Å². The molecule has 0 spiro atoms. The van der Waals surface area contributed by atoms with Crippen molar-refractivity contribution in [2.45, 2.75) is 31.8 Å². The fourth-order valence-electron chi connectivity index (χ4n) is 2.23. The van der Waals surface area contributed by atoms with E-state index in [4.69, 9.17) is 5.11 Å². The van der Waals surface area contributed by atoms with E-state index in [0.29, 0.717) is 6.04 Å². The zero-order valence-electron chi connectivity index (χ0n) is 10.2. The molecule has 15 heavy (non-hydrogen) atoms. The molecule has 1 N–H and O–H groups in total. The summed E-state index contributed by atoms with van der Waals surface area (Å²) in [5.41, 5.74) is 0.217. The lowest BCUT2D eigenvalue weighted by Crippen LogP contribution is -2.62. The van der Waals surface area contributed by atoms with Gasteiger partial charge in [-0.05, 0) is 27.3 Å². The van der Waals surface area contributed by atoms with Gasteiger partial charge in [-0.15, -0.1) is 6.58 Å². The quantitative estimate of drug-likeness (QED) is 0.703. The minimum absolute atomic E-state index is 0.217. The van der Waals surface area contributed by atoms with Crippen molar-refractivity contribution in [1.29, 1.82) is 0 Å². The molecule has 3 heteroatoms. The van der Waals surface area contributed by atoms with Gasteiger partial charge in [0.2, 0.25) is 0 Å². The molecule has 1 saturated heterocycles. The van der Waals surface area contributed by atoms with E-state index >= 15 is 0 Å². The SMILES string of the molecule is C=CCN1CC(C)(C)N(C)CC1CCO. The maximum atomic E-state index is 9.05. The average Bonchev–Trinajstić information content (AvgIpc) is 2.14. The van der Waals surface area contributed by atoms with Gasteiger partial charge in [0.25, 0.3) is 0 Å². The lowest BCUT2D eigenvalue weighted by molar-refractivity contribution is -0.00278. The Morgan fingerprint density at radius 3 is 2.73 bits per heavy atom. The second-order valence-electron chi connectivity index (χ2n) is 5.08. The van der Waals surface area contributed by atoms with Gasteiger partial charge in [0.1, 0.15) is 0 Å². The molecule has 1 aliphatic heterocycles. The number of nitrogens with zero attached hydrogens (tertiary/aromatic N) is 2. The van der Waals surface area contributed by atoms with Crippen molar-refractivity contribution in [3.05, 3.63) is 12.7 Å². The Hall–Kier alpha value is -0.380. The monoisotopic (exact) mass is 212 g/mol. The Morgan fingerprint density at radius 1 is 1.53 bits per heavy atom. The number of aliphatic hydroxyl groups excluding tert-OH is 1. The number of hydrogen-bond acceptors (Lipinski definition) is 3. The third-order valence-corrected chi connectivity index (χ3v) is 3.45. The average molecular weight is 212 g/mol. The van der Waals surface area contributed by atoms with Crippen LogP contribution < -0.4 is 0 Å². The highest BCUT2D eigenvalue weighted by Crippen LogP contribution is 2.23. The van der Waals surface area contributed by atoms with Crippen molar-refractivity contribution in [2.24, 2.45) is 0 Å². The summed E-state index contributed by atoms with van der Waals surface area (Å²) in [7, 11) is 2.16. The maximum absolute atomic E-state index is 9.05. The molecule has 1 aliphatic rings. The van der Waals surface area contributed by atoms with Crippen LogP contribution in [0, 0.1) is 0 Å². The number of piperazine rings is 1. The summed E-state index contributed by atoms with van der Waals surface area (Å²) in [6.45, 7) is 11.6. The number of likely N-dealkylation sites (N-methyl/N-ethyl adjacent to an activating group) is 1. The molecule has 1 rings (SSSR count). The summed E-state index contributed by atoms with van der Waals surface area (Å²) in [4.78, 5) is 4.80. The summed E-state index contributed by atoms with van der Waals surface area (Å²) < 4.78 is 0. The molecule has 0 aromatic rings. The minimum Gasteiger partial charge on any atom is -0.396 e. The highest BCUT2D eigenvalue weighted by Gasteiger charge is 2.35. The van der Waals surface area contributed by atoms with Crippen molar-refractivity contribution in [2.75, 3.05) is 33.3 Å². The highest BCUT2D eigenvalue weighted by atomic mass is 16.3. The molecule has 3 nitrogen and oxygen atoms in total. The van der Waals surface area contributed by atoms with Crippen molar-refractivity contribution >= 4 is 0 Å². The third kappa shape index (κ3) is 3.03. The molecule has 0 radical (unpaired) electrons. The minimum atomic E-state index is 0.217. The summed E-state index contributed by atoms with van der Waals surface area (Å²) in [5, 5.41) is 9.05. The Bertz CT molecular complexity index is 216. The Morgan fingerprint density at radius 2 is 2.20 bits per heavy atom. The van der Waals surface area contributed by atoms with Gasteiger partial charge < -0.3 is 5.11 Å². The van der Waals surface area contributed by atoms with E-state index in [0.717, 1.165) is 26.1 Å². The molecule has 0 amide bonds. The van der Waals surface area contributed by atoms with E-state index in [-0.39, 0.29) is 12.1 Å². The fraction of sp³-hybridized carbons (Fsp3) is 0.833. The molecular formula is C12H24N2O. The lowest BCUT2D eigenvalue weighted by atomic mass is 9.95. The van der Waals surface area contributed by atoms with Crippen LogP contribution in [0.15, 0.2) is 12.7 Å². The first-order valence-electron chi connectivity index (χ1n) is 5.68. The van der Waals surface area contributed by atoms with Crippen LogP contribution in [0.3, 0.4) is 0 Å². The van der Waals surface area contributed by atoms with Crippen LogP contribution in [0.4, 0.5) is 0 Å². The van der Waals surface area contributed by atoms with Crippen LogP contribution in [0.5, 0.6) is 0 Å². The van der Waals surface area contributed by atoms with E-state index in [1.165, 1.54) is 0 Å². The van der Waals surface area contributed by atoms with Gasteiger partial charge in [-0.3, -0.25) is 9.80 Å². The van der Waals surface area contributed by atoms with Crippen LogP contribution in [-0.2, 0) is 0 Å². The molecule has 88 valence electrons. The normalized spacial score (nSPS) is 27.9. The predicted molar refractivity (Wildman–Crippen MR) is 64.0 cm³/mol. The van der Waals surface area contributed by atoms with Crippen molar-refractivity contribution in [3.8, 4) is 0 Å². The molecule has 0 bridgehead atoms. The zero-order valence-corrected chi connectivity index (χ0v) is 10.2. The fourth-order valence-corrected chi connectivity index (χ4v) is 2.23. The largest absolute Gasteiger partial charge is 0.396 e. The van der Waals surface area contributed by atoms with Gasteiger partial charge in [-0.1, -0.05) is 6.08 Å². The van der Waals surface area contributed by atoms with E-state index in [2.05, 4.69) is 37.3 Å². The third-order valence-electron chi connectivity index (χ3n) is 3.45. The van der Waals surface area contributed by atoms with Crippen LogP contribution >= 0.6 is 0 Å². The van der Waals surface area contributed by atoms with Gasteiger partial charge >= 0.3 is 0 Å². The zero-order chi connectivity index (χ0) is 11.5. The maximum Gasteiger partial charge on any atom is 0.0446 e. The van der Waals surface area contributed by atoms with Gasteiger partial charge in [-0.25, -0.2) is 0 Å².